The van der Waals surface area contributed by atoms with Crippen LogP contribution in [0, 0.1) is 5.92 Å². The SMILES string of the molecule is O=S(=O)(NCC1CCCCC1O)c1cccc(Cl)c1Cl. The molecule has 1 fully saturated rings. The van der Waals surface area contributed by atoms with Crippen LogP contribution in [0.5, 0.6) is 0 Å². The molecule has 0 bridgehead atoms. The summed E-state index contributed by atoms with van der Waals surface area (Å²) >= 11 is 11.8. The first-order valence-electron chi connectivity index (χ1n) is 6.53. The van der Waals surface area contributed by atoms with Crippen LogP contribution < -0.4 is 4.72 Å². The summed E-state index contributed by atoms with van der Waals surface area (Å²) in [5, 5.41) is 10.1. The van der Waals surface area contributed by atoms with Crippen LogP contribution in [0.25, 0.3) is 0 Å². The van der Waals surface area contributed by atoms with Crippen LogP contribution in [0.3, 0.4) is 0 Å². The lowest BCUT2D eigenvalue weighted by atomic mass is 9.87. The molecule has 2 atom stereocenters. The van der Waals surface area contributed by atoms with Gasteiger partial charge in [0.15, 0.2) is 0 Å². The lowest BCUT2D eigenvalue weighted by molar-refractivity contribution is 0.0724. The van der Waals surface area contributed by atoms with E-state index in [0.717, 1.165) is 25.7 Å². The Morgan fingerprint density at radius 3 is 2.65 bits per heavy atom. The summed E-state index contributed by atoms with van der Waals surface area (Å²) in [5.74, 6) is -0.0449. The zero-order chi connectivity index (χ0) is 14.8. The van der Waals surface area contributed by atoms with Crippen molar-refractivity contribution in [3.8, 4) is 0 Å². The second-order valence-electron chi connectivity index (χ2n) is 5.02. The maximum Gasteiger partial charge on any atom is 0.242 e. The van der Waals surface area contributed by atoms with E-state index in [-0.39, 0.29) is 27.4 Å². The van der Waals surface area contributed by atoms with Gasteiger partial charge in [-0.1, -0.05) is 42.1 Å². The maximum atomic E-state index is 12.2. The highest BCUT2D eigenvalue weighted by atomic mass is 35.5. The van der Waals surface area contributed by atoms with Gasteiger partial charge in [-0.25, -0.2) is 13.1 Å². The fraction of sp³-hybridized carbons (Fsp3) is 0.538. The topological polar surface area (TPSA) is 66.4 Å². The number of nitrogens with one attached hydrogen (secondary N) is 1. The molecule has 0 saturated heterocycles. The summed E-state index contributed by atoms with van der Waals surface area (Å²) in [5.41, 5.74) is 0. The molecule has 2 rings (SSSR count). The Kier molecular flexibility index (Phi) is 5.31. The van der Waals surface area contributed by atoms with Crippen molar-refractivity contribution in [1.29, 1.82) is 0 Å². The van der Waals surface area contributed by atoms with Crippen molar-refractivity contribution in [2.24, 2.45) is 5.92 Å². The normalized spacial score (nSPS) is 23.8. The smallest absolute Gasteiger partial charge is 0.242 e. The summed E-state index contributed by atoms with van der Waals surface area (Å²) in [6.45, 7) is 0.215. The van der Waals surface area contributed by atoms with Crippen molar-refractivity contribution in [3.63, 3.8) is 0 Å². The molecule has 2 N–H and O–H groups in total. The van der Waals surface area contributed by atoms with Gasteiger partial charge < -0.3 is 5.11 Å². The zero-order valence-electron chi connectivity index (χ0n) is 10.9. The van der Waals surface area contributed by atoms with Gasteiger partial charge in [0.1, 0.15) is 4.90 Å². The van der Waals surface area contributed by atoms with E-state index in [2.05, 4.69) is 4.72 Å². The minimum absolute atomic E-state index is 0.0193. The van der Waals surface area contributed by atoms with E-state index in [1.807, 2.05) is 0 Å². The van der Waals surface area contributed by atoms with Crippen LogP contribution in [0.2, 0.25) is 10.0 Å². The van der Waals surface area contributed by atoms with Gasteiger partial charge in [-0.3, -0.25) is 0 Å². The molecule has 0 radical (unpaired) electrons. The van der Waals surface area contributed by atoms with E-state index in [9.17, 15) is 13.5 Å². The molecule has 20 heavy (non-hydrogen) atoms. The number of aliphatic hydroxyl groups excluding tert-OH is 1. The van der Waals surface area contributed by atoms with Crippen LogP contribution in [0.15, 0.2) is 23.1 Å². The summed E-state index contributed by atoms with van der Waals surface area (Å²) in [7, 11) is -3.71. The molecule has 4 nitrogen and oxygen atoms in total. The Labute approximate surface area is 129 Å². The van der Waals surface area contributed by atoms with Crippen molar-refractivity contribution < 1.29 is 13.5 Å². The number of hydrogen-bond donors (Lipinski definition) is 2. The molecule has 0 aromatic heterocycles. The second-order valence-corrected chi connectivity index (χ2v) is 7.54. The van der Waals surface area contributed by atoms with Gasteiger partial charge in [0, 0.05) is 6.54 Å². The standard InChI is InChI=1S/C13H17Cl2NO3S/c14-10-5-3-7-12(13(10)15)20(18,19)16-8-9-4-1-2-6-11(9)17/h3,5,7,9,11,16-17H,1-2,4,6,8H2. The van der Waals surface area contributed by atoms with Crippen LogP contribution in [-0.2, 0) is 10.0 Å². The van der Waals surface area contributed by atoms with Crippen molar-refractivity contribution in [3.05, 3.63) is 28.2 Å². The molecule has 1 aromatic rings. The molecule has 1 aliphatic carbocycles. The van der Waals surface area contributed by atoms with Crippen molar-refractivity contribution in [2.45, 2.75) is 36.7 Å². The zero-order valence-corrected chi connectivity index (χ0v) is 13.2. The van der Waals surface area contributed by atoms with Crippen LogP contribution >= 0.6 is 23.2 Å². The lowest BCUT2D eigenvalue weighted by Crippen LogP contribution is -2.36. The van der Waals surface area contributed by atoms with Crippen molar-refractivity contribution >= 4 is 33.2 Å². The minimum atomic E-state index is -3.71. The molecule has 112 valence electrons. The van der Waals surface area contributed by atoms with Gasteiger partial charge in [-0.15, -0.1) is 0 Å². The van der Waals surface area contributed by atoms with E-state index in [1.165, 1.54) is 18.2 Å². The predicted octanol–water partition coefficient (Wildman–Crippen LogP) is 2.82. The molecular formula is C13H17Cl2NO3S. The third kappa shape index (κ3) is 3.65. The molecule has 0 amide bonds. The Morgan fingerprint density at radius 1 is 1.25 bits per heavy atom. The van der Waals surface area contributed by atoms with Crippen LogP contribution in [0.4, 0.5) is 0 Å². The fourth-order valence-electron chi connectivity index (χ4n) is 2.41. The summed E-state index contributed by atoms with van der Waals surface area (Å²) in [4.78, 5) is -0.0306. The highest BCUT2D eigenvalue weighted by molar-refractivity contribution is 7.89. The summed E-state index contributed by atoms with van der Waals surface area (Å²) in [6.07, 6.45) is 3.12. The van der Waals surface area contributed by atoms with E-state index in [4.69, 9.17) is 23.2 Å². The third-order valence-corrected chi connectivity index (χ3v) is 6.01. The quantitative estimate of drug-likeness (QED) is 0.887. The number of rotatable bonds is 4. The van der Waals surface area contributed by atoms with Crippen LogP contribution in [-0.4, -0.2) is 26.2 Å². The largest absolute Gasteiger partial charge is 0.393 e. The number of sulfonamides is 1. The molecule has 0 aliphatic heterocycles. The number of aliphatic hydroxyl groups is 1. The van der Waals surface area contributed by atoms with Gasteiger partial charge in [0.2, 0.25) is 10.0 Å². The maximum absolute atomic E-state index is 12.2. The monoisotopic (exact) mass is 337 g/mol. The second kappa shape index (κ2) is 6.62. The first kappa shape index (κ1) is 16.0. The van der Waals surface area contributed by atoms with E-state index >= 15 is 0 Å². The molecule has 7 heteroatoms. The van der Waals surface area contributed by atoms with Gasteiger partial charge in [0.05, 0.1) is 16.1 Å². The molecular weight excluding hydrogens is 321 g/mol. The van der Waals surface area contributed by atoms with Gasteiger partial charge in [-0.05, 0) is 30.9 Å². The highest BCUT2D eigenvalue weighted by Gasteiger charge is 2.26. The first-order chi connectivity index (χ1) is 9.42. The molecule has 1 saturated carbocycles. The van der Waals surface area contributed by atoms with E-state index in [0.29, 0.717) is 0 Å². The number of hydrogen-bond acceptors (Lipinski definition) is 3. The molecule has 2 unspecified atom stereocenters. The average molecular weight is 338 g/mol. The molecule has 1 aliphatic rings. The Hall–Kier alpha value is -0.330. The van der Waals surface area contributed by atoms with Crippen molar-refractivity contribution in [1.82, 2.24) is 4.72 Å². The van der Waals surface area contributed by atoms with Crippen molar-refractivity contribution in [2.75, 3.05) is 6.54 Å². The van der Waals surface area contributed by atoms with E-state index < -0.39 is 16.1 Å². The fourth-order valence-corrected chi connectivity index (χ4v) is 4.27. The number of halogens is 2. The average Bonchev–Trinajstić information content (AvgIpc) is 2.41. The number of benzene rings is 1. The van der Waals surface area contributed by atoms with Gasteiger partial charge in [-0.2, -0.15) is 0 Å². The Bertz CT molecular complexity index is 577. The minimum Gasteiger partial charge on any atom is -0.393 e. The molecule has 0 spiro atoms. The van der Waals surface area contributed by atoms with Crippen LogP contribution in [0.1, 0.15) is 25.7 Å². The summed E-state index contributed by atoms with van der Waals surface area (Å²) in [6, 6.07) is 4.49. The predicted molar refractivity (Wildman–Crippen MR) is 79.6 cm³/mol. The molecule has 1 aromatic carbocycles. The first-order valence-corrected chi connectivity index (χ1v) is 8.77. The highest BCUT2D eigenvalue weighted by Crippen LogP contribution is 2.29. The summed E-state index contributed by atoms with van der Waals surface area (Å²) < 4.78 is 27.0. The van der Waals surface area contributed by atoms with E-state index in [1.54, 1.807) is 0 Å². The Morgan fingerprint density at radius 2 is 1.95 bits per heavy atom. The Balaban J connectivity index is 2.09. The van der Waals surface area contributed by atoms with Gasteiger partial charge >= 0.3 is 0 Å². The van der Waals surface area contributed by atoms with Gasteiger partial charge in [0.25, 0.3) is 0 Å². The lowest BCUT2D eigenvalue weighted by Gasteiger charge is -2.27. The third-order valence-electron chi connectivity index (χ3n) is 3.61. The molecule has 0 heterocycles.